The van der Waals surface area contributed by atoms with Gasteiger partial charge < -0.3 is 9.88 Å². The van der Waals surface area contributed by atoms with Crippen LogP contribution in [0.5, 0.6) is 0 Å². The van der Waals surface area contributed by atoms with Crippen LogP contribution in [0.1, 0.15) is 36.0 Å². The van der Waals surface area contributed by atoms with Crippen LogP contribution >= 0.6 is 11.6 Å². The molecule has 1 N–H and O–H groups in total. The zero-order valence-electron chi connectivity index (χ0n) is 14.7. The van der Waals surface area contributed by atoms with Gasteiger partial charge in [-0.05, 0) is 43.5 Å². The lowest BCUT2D eigenvalue weighted by Gasteiger charge is -2.31. The van der Waals surface area contributed by atoms with Gasteiger partial charge in [-0.25, -0.2) is 8.42 Å². The van der Waals surface area contributed by atoms with E-state index in [2.05, 4.69) is 20.1 Å². The molecule has 0 bridgehead atoms. The number of halogens is 1. The Bertz CT molecular complexity index is 919. The lowest BCUT2D eigenvalue weighted by molar-refractivity contribution is 0.307. The predicted octanol–water partition coefficient (Wildman–Crippen LogP) is 1.91. The Morgan fingerprint density at radius 3 is 2.69 bits per heavy atom. The summed E-state index contributed by atoms with van der Waals surface area (Å²) in [6.07, 6.45) is 1.52. The Morgan fingerprint density at radius 1 is 1.19 bits per heavy atom. The van der Waals surface area contributed by atoms with E-state index in [1.165, 1.54) is 0 Å². The maximum Gasteiger partial charge on any atom is 0.243 e. The summed E-state index contributed by atoms with van der Waals surface area (Å²) in [5, 5.41) is 12.5. The van der Waals surface area contributed by atoms with Gasteiger partial charge in [-0.1, -0.05) is 11.6 Å². The summed E-state index contributed by atoms with van der Waals surface area (Å²) >= 11 is 5.96. The van der Waals surface area contributed by atoms with E-state index in [1.807, 2.05) is 0 Å². The number of fused-ring (bicyclic) bond motifs is 1. The minimum atomic E-state index is -3.50. The Labute approximate surface area is 158 Å². The molecule has 4 rings (SSSR count). The van der Waals surface area contributed by atoms with Crippen LogP contribution < -0.4 is 5.32 Å². The fourth-order valence-corrected chi connectivity index (χ4v) is 5.71. The van der Waals surface area contributed by atoms with Gasteiger partial charge in [0.25, 0.3) is 0 Å². The first-order chi connectivity index (χ1) is 12.5. The molecule has 2 aromatic rings. The third-order valence-electron chi connectivity index (χ3n) is 5.23. The topological polar surface area (TPSA) is 80.1 Å². The van der Waals surface area contributed by atoms with Crippen molar-refractivity contribution in [2.45, 2.75) is 43.7 Å². The number of rotatable bonds is 3. The molecule has 0 amide bonds. The molecule has 1 aromatic heterocycles. The minimum absolute atomic E-state index is 0.257. The smallest absolute Gasteiger partial charge is 0.243 e. The maximum atomic E-state index is 13.0. The molecule has 3 heterocycles. The molecule has 0 aliphatic carbocycles. The van der Waals surface area contributed by atoms with E-state index < -0.39 is 10.0 Å². The third-order valence-corrected chi connectivity index (χ3v) is 7.52. The van der Waals surface area contributed by atoms with E-state index >= 15 is 0 Å². The monoisotopic (exact) mass is 395 g/mol. The number of aromatic nitrogens is 3. The van der Waals surface area contributed by atoms with Gasteiger partial charge in [0, 0.05) is 37.1 Å². The first-order valence-electron chi connectivity index (χ1n) is 8.86. The van der Waals surface area contributed by atoms with Crippen molar-refractivity contribution in [1.82, 2.24) is 24.4 Å². The molecule has 1 aromatic carbocycles. The summed E-state index contributed by atoms with van der Waals surface area (Å²) in [5.74, 6) is 2.23. The maximum absolute atomic E-state index is 13.0. The van der Waals surface area contributed by atoms with E-state index in [0.29, 0.717) is 28.6 Å². The fraction of sp³-hybridized carbons (Fsp3) is 0.529. The van der Waals surface area contributed by atoms with Crippen LogP contribution in [-0.2, 0) is 23.1 Å². The van der Waals surface area contributed by atoms with Crippen molar-refractivity contribution in [2.24, 2.45) is 0 Å². The summed E-state index contributed by atoms with van der Waals surface area (Å²) in [7, 11) is -3.50. The predicted molar refractivity (Wildman–Crippen MR) is 98.7 cm³/mol. The van der Waals surface area contributed by atoms with Gasteiger partial charge in [-0.3, -0.25) is 0 Å². The van der Waals surface area contributed by atoms with Gasteiger partial charge in [-0.15, -0.1) is 10.2 Å². The summed E-state index contributed by atoms with van der Waals surface area (Å²) in [6.45, 7) is 5.31. The first-order valence-corrected chi connectivity index (χ1v) is 10.7. The van der Waals surface area contributed by atoms with Crippen molar-refractivity contribution in [1.29, 1.82) is 0 Å². The van der Waals surface area contributed by atoms with Gasteiger partial charge in [0.05, 0.1) is 11.4 Å². The molecule has 2 aliphatic heterocycles. The van der Waals surface area contributed by atoms with Crippen molar-refractivity contribution < 1.29 is 8.42 Å². The van der Waals surface area contributed by atoms with Crippen LogP contribution in [0.25, 0.3) is 0 Å². The normalized spacial score (nSPS) is 19.5. The highest BCUT2D eigenvalue weighted by Crippen LogP contribution is 2.31. The molecule has 1 fully saturated rings. The van der Waals surface area contributed by atoms with Crippen molar-refractivity contribution in [3.63, 3.8) is 0 Å². The summed E-state index contributed by atoms with van der Waals surface area (Å²) in [6, 6.07) is 4.92. The van der Waals surface area contributed by atoms with Crippen LogP contribution in [0.2, 0.25) is 5.02 Å². The quantitative estimate of drug-likeness (QED) is 0.858. The SMILES string of the molecule is Cc1cc(Cl)ccc1S(=O)(=O)N1CCC(c2nnc3n2CCNC3)CC1. The van der Waals surface area contributed by atoms with E-state index in [0.717, 1.165) is 44.1 Å². The number of nitrogens with zero attached hydrogens (tertiary/aromatic N) is 4. The molecule has 26 heavy (non-hydrogen) atoms. The van der Waals surface area contributed by atoms with E-state index in [1.54, 1.807) is 29.4 Å². The number of hydrogen-bond donors (Lipinski definition) is 1. The molecule has 0 atom stereocenters. The van der Waals surface area contributed by atoms with Crippen molar-refractivity contribution >= 4 is 21.6 Å². The third kappa shape index (κ3) is 3.15. The number of aryl methyl sites for hydroxylation is 1. The van der Waals surface area contributed by atoms with Crippen LogP contribution in [0.15, 0.2) is 23.1 Å². The van der Waals surface area contributed by atoms with Crippen molar-refractivity contribution in [3.8, 4) is 0 Å². The Kier molecular flexibility index (Phi) is 4.77. The molecule has 1 saturated heterocycles. The molecule has 9 heteroatoms. The van der Waals surface area contributed by atoms with E-state index in [4.69, 9.17) is 11.6 Å². The van der Waals surface area contributed by atoms with Crippen LogP contribution in [0, 0.1) is 6.92 Å². The molecule has 7 nitrogen and oxygen atoms in total. The Hall–Kier alpha value is -1.48. The Morgan fingerprint density at radius 2 is 1.96 bits per heavy atom. The lowest BCUT2D eigenvalue weighted by atomic mass is 9.97. The second-order valence-electron chi connectivity index (χ2n) is 6.89. The second-order valence-corrected chi connectivity index (χ2v) is 9.23. The average Bonchev–Trinajstić information content (AvgIpc) is 3.05. The molecule has 0 unspecified atom stereocenters. The van der Waals surface area contributed by atoms with Gasteiger partial charge in [0.2, 0.25) is 10.0 Å². The molecule has 2 aliphatic rings. The molecule has 140 valence electrons. The van der Waals surface area contributed by atoms with Crippen LogP contribution in [0.3, 0.4) is 0 Å². The number of benzene rings is 1. The highest BCUT2D eigenvalue weighted by molar-refractivity contribution is 7.89. The highest BCUT2D eigenvalue weighted by atomic mass is 35.5. The Balaban J connectivity index is 1.50. The second kappa shape index (κ2) is 6.92. The number of sulfonamides is 1. The molecular weight excluding hydrogens is 374 g/mol. The standard InChI is InChI=1S/C17H22ClN5O2S/c1-12-10-14(18)2-3-15(12)26(24,25)22-7-4-13(5-8-22)17-21-20-16-11-19-6-9-23(16)17/h2-3,10,13,19H,4-9,11H2,1H3. The van der Waals surface area contributed by atoms with E-state index in [9.17, 15) is 8.42 Å². The van der Waals surface area contributed by atoms with Gasteiger partial charge in [-0.2, -0.15) is 4.31 Å². The first kappa shape index (κ1) is 17.9. The summed E-state index contributed by atoms with van der Waals surface area (Å²) < 4.78 is 29.7. The molecular formula is C17H22ClN5O2S. The summed E-state index contributed by atoms with van der Waals surface area (Å²) in [4.78, 5) is 0.339. The van der Waals surface area contributed by atoms with Crippen molar-refractivity contribution in [3.05, 3.63) is 40.4 Å². The van der Waals surface area contributed by atoms with Gasteiger partial charge in [0.15, 0.2) is 0 Å². The van der Waals surface area contributed by atoms with Crippen molar-refractivity contribution in [2.75, 3.05) is 19.6 Å². The van der Waals surface area contributed by atoms with Gasteiger partial charge >= 0.3 is 0 Å². The van der Waals surface area contributed by atoms with Crippen LogP contribution in [0.4, 0.5) is 0 Å². The zero-order chi connectivity index (χ0) is 18.3. The average molecular weight is 396 g/mol. The fourth-order valence-electron chi connectivity index (χ4n) is 3.81. The largest absolute Gasteiger partial charge is 0.312 e. The molecule has 0 radical (unpaired) electrons. The number of nitrogens with one attached hydrogen (secondary N) is 1. The molecule has 0 saturated carbocycles. The molecule has 0 spiro atoms. The van der Waals surface area contributed by atoms with Crippen LogP contribution in [-0.4, -0.2) is 47.1 Å². The number of hydrogen-bond acceptors (Lipinski definition) is 5. The van der Waals surface area contributed by atoms with E-state index in [-0.39, 0.29) is 5.92 Å². The number of piperidine rings is 1. The zero-order valence-corrected chi connectivity index (χ0v) is 16.2. The highest BCUT2D eigenvalue weighted by Gasteiger charge is 2.33. The van der Waals surface area contributed by atoms with Gasteiger partial charge in [0.1, 0.15) is 11.6 Å². The lowest BCUT2D eigenvalue weighted by Crippen LogP contribution is -2.39. The summed E-state index contributed by atoms with van der Waals surface area (Å²) in [5.41, 5.74) is 0.679. The minimum Gasteiger partial charge on any atom is -0.312 e.